The number of ether oxygens (including phenoxy) is 1. The molecule has 1 amide bonds. The number of morpholine rings is 1. The molecule has 5 rings (SSSR count). The van der Waals surface area contributed by atoms with Gasteiger partial charge in [0.25, 0.3) is 5.91 Å². The highest BCUT2D eigenvalue weighted by Crippen LogP contribution is 2.38. The molecule has 0 aromatic carbocycles. The third-order valence-electron chi connectivity index (χ3n) is 5.47. The van der Waals surface area contributed by atoms with Gasteiger partial charge in [-0.2, -0.15) is 0 Å². The average Bonchev–Trinajstić information content (AvgIpc) is 3.37. The second-order valence-electron chi connectivity index (χ2n) is 7.68. The Balaban J connectivity index is 1.35. The van der Waals surface area contributed by atoms with Gasteiger partial charge < -0.3 is 24.4 Å². The molecule has 0 atom stereocenters. The lowest BCUT2D eigenvalue weighted by Gasteiger charge is -2.31. The average molecular weight is 454 g/mol. The highest BCUT2D eigenvalue weighted by Gasteiger charge is 2.27. The van der Waals surface area contributed by atoms with Crippen LogP contribution in [-0.4, -0.2) is 70.3 Å². The predicted octanol–water partition coefficient (Wildman–Crippen LogP) is 2.26. The minimum atomic E-state index is -0.362. The number of nitrogens with zero attached hydrogens (tertiary/aromatic N) is 7. The summed E-state index contributed by atoms with van der Waals surface area (Å²) in [5, 5.41) is 21.2. The molecule has 2 N–H and O–H groups in total. The molecule has 0 bridgehead atoms. The number of carbonyl (C=O) groups is 1. The molecule has 0 spiro atoms. The number of carbonyl (C=O) groups excluding carboxylic acids is 1. The van der Waals surface area contributed by atoms with Crippen LogP contribution in [0.15, 0.2) is 24.0 Å². The first kappa shape index (κ1) is 20.5. The second kappa shape index (κ2) is 8.63. The number of amides is 1. The van der Waals surface area contributed by atoms with E-state index in [0.29, 0.717) is 30.1 Å². The molecule has 2 aliphatic rings. The van der Waals surface area contributed by atoms with Gasteiger partial charge in [0.05, 0.1) is 37.1 Å². The number of pyridine rings is 1. The Morgan fingerprint density at radius 2 is 2.19 bits per heavy atom. The van der Waals surface area contributed by atoms with Crippen molar-refractivity contribution in [3.8, 4) is 10.8 Å². The Labute approximate surface area is 188 Å². The third kappa shape index (κ3) is 4.06. The minimum absolute atomic E-state index is 0.251. The lowest BCUT2D eigenvalue weighted by atomic mass is 10.2. The summed E-state index contributed by atoms with van der Waals surface area (Å²) in [5.41, 5.74) is 1.85. The number of nitrogens with one attached hydrogen (secondary N) is 2. The van der Waals surface area contributed by atoms with Crippen molar-refractivity contribution in [3.63, 3.8) is 0 Å². The molecule has 12 heteroatoms. The fourth-order valence-corrected chi connectivity index (χ4v) is 4.33. The molecule has 1 saturated carbocycles. The molecule has 166 valence electrons. The summed E-state index contributed by atoms with van der Waals surface area (Å²) in [6.45, 7) is 2.74. The fraction of sp³-hybridized carbons (Fsp3) is 0.400. The van der Waals surface area contributed by atoms with Gasteiger partial charge >= 0.3 is 0 Å². The van der Waals surface area contributed by atoms with Gasteiger partial charge in [-0.1, -0.05) is 0 Å². The number of rotatable bonds is 7. The zero-order valence-electron chi connectivity index (χ0n) is 17.6. The molecule has 3 aromatic rings. The maximum absolute atomic E-state index is 12.9. The standard InChI is InChI=1S/C20H23N9O2S/c1-27(11-21)15-8-14(22-9-16(15)28-4-6-31-7-5-28)19(30)24-17-10-32-20(25-17)18-26-23-12-29(18)13-2-3-13/h8-13,21H,2-7H2,1H3,(H,24,30). The zero-order valence-corrected chi connectivity index (χ0v) is 18.4. The van der Waals surface area contributed by atoms with E-state index >= 15 is 0 Å². The summed E-state index contributed by atoms with van der Waals surface area (Å²) in [5.74, 6) is 0.806. The summed E-state index contributed by atoms with van der Waals surface area (Å²) in [6, 6.07) is 2.14. The van der Waals surface area contributed by atoms with Crippen molar-refractivity contribution in [2.24, 2.45) is 0 Å². The maximum atomic E-state index is 12.9. The maximum Gasteiger partial charge on any atom is 0.275 e. The van der Waals surface area contributed by atoms with Crippen LogP contribution in [0.5, 0.6) is 0 Å². The predicted molar refractivity (Wildman–Crippen MR) is 122 cm³/mol. The Morgan fingerprint density at radius 3 is 2.94 bits per heavy atom. The van der Waals surface area contributed by atoms with Gasteiger partial charge in [0, 0.05) is 31.6 Å². The summed E-state index contributed by atoms with van der Waals surface area (Å²) < 4.78 is 7.47. The Bertz CT molecular complexity index is 1130. The van der Waals surface area contributed by atoms with Crippen molar-refractivity contribution in [1.29, 1.82) is 5.41 Å². The van der Waals surface area contributed by atoms with Crippen molar-refractivity contribution in [3.05, 3.63) is 29.7 Å². The smallest absolute Gasteiger partial charge is 0.275 e. The molecule has 1 aliphatic carbocycles. The molecule has 0 unspecified atom stereocenters. The van der Waals surface area contributed by atoms with E-state index in [4.69, 9.17) is 10.1 Å². The van der Waals surface area contributed by atoms with Gasteiger partial charge in [-0.25, -0.2) is 9.97 Å². The van der Waals surface area contributed by atoms with E-state index in [1.165, 1.54) is 17.7 Å². The molecule has 2 fully saturated rings. The van der Waals surface area contributed by atoms with Crippen LogP contribution in [0.25, 0.3) is 10.8 Å². The van der Waals surface area contributed by atoms with E-state index in [1.54, 1.807) is 35.9 Å². The number of aromatic nitrogens is 5. The SMILES string of the molecule is CN(C=N)c1cc(C(=O)Nc2csc(-c3nncn3C3CC3)n2)ncc1N1CCOCC1. The Hall–Kier alpha value is -3.38. The van der Waals surface area contributed by atoms with Crippen LogP contribution >= 0.6 is 11.3 Å². The van der Waals surface area contributed by atoms with Gasteiger partial charge in [-0.3, -0.25) is 10.2 Å². The molecule has 4 heterocycles. The first-order valence-electron chi connectivity index (χ1n) is 10.4. The van der Waals surface area contributed by atoms with Crippen LogP contribution in [-0.2, 0) is 4.74 Å². The first-order valence-corrected chi connectivity index (χ1v) is 11.2. The van der Waals surface area contributed by atoms with E-state index < -0.39 is 0 Å². The van der Waals surface area contributed by atoms with Crippen molar-refractivity contribution in [1.82, 2.24) is 24.7 Å². The van der Waals surface area contributed by atoms with Gasteiger partial charge in [0.15, 0.2) is 10.8 Å². The summed E-state index contributed by atoms with van der Waals surface area (Å²) in [4.78, 5) is 25.6. The Morgan fingerprint density at radius 1 is 1.38 bits per heavy atom. The van der Waals surface area contributed by atoms with Crippen LogP contribution in [0.1, 0.15) is 29.4 Å². The molecular formula is C20H23N9O2S. The number of hydrogen-bond donors (Lipinski definition) is 2. The highest BCUT2D eigenvalue weighted by molar-refractivity contribution is 7.13. The Kier molecular flexibility index (Phi) is 5.53. The normalized spacial score (nSPS) is 16.1. The van der Waals surface area contributed by atoms with E-state index in [-0.39, 0.29) is 11.6 Å². The van der Waals surface area contributed by atoms with E-state index in [0.717, 1.165) is 43.1 Å². The number of hydrogen-bond acceptors (Lipinski definition) is 9. The van der Waals surface area contributed by atoms with Crippen LogP contribution < -0.4 is 15.1 Å². The molecule has 11 nitrogen and oxygen atoms in total. The minimum Gasteiger partial charge on any atom is -0.378 e. The molecule has 32 heavy (non-hydrogen) atoms. The van der Waals surface area contributed by atoms with Crippen molar-refractivity contribution in [2.45, 2.75) is 18.9 Å². The fourth-order valence-electron chi connectivity index (χ4n) is 3.59. The topological polar surface area (TPSA) is 125 Å². The monoisotopic (exact) mass is 453 g/mol. The molecule has 1 saturated heterocycles. The van der Waals surface area contributed by atoms with E-state index in [2.05, 4.69) is 30.4 Å². The van der Waals surface area contributed by atoms with Gasteiger partial charge in [0.2, 0.25) is 0 Å². The molecule has 3 aromatic heterocycles. The molecule has 1 aliphatic heterocycles. The van der Waals surface area contributed by atoms with Crippen molar-refractivity contribution >= 4 is 40.8 Å². The third-order valence-corrected chi connectivity index (χ3v) is 6.31. The van der Waals surface area contributed by atoms with Crippen molar-refractivity contribution < 1.29 is 9.53 Å². The van der Waals surface area contributed by atoms with E-state index in [9.17, 15) is 4.79 Å². The summed E-state index contributed by atoms with van der Waals surface area (Å²) in [6.07, 6.45) is 6.87. The van der Waals surface area contributed by atoms with Gasteiger partial charge in [-0.15, -0.1) is 21.5 Å². The van der Waals surface area contributed by atoms with E-state index in [1.807, 2.05) is 4.57 Å². The van der Waals surface area contributed by atoms with Crippen LogP contribution in [0.4, 0.5) is 17.2 Å². The number of anilines is 3. The quantitative estimate of drug-likeness (QED) is 0.412. The first-order chi connectivity index (χ1) is 15.6. The van der Waals surface area contributed by atoms with Gasteiger partial charge in [0.1, 0.15) is 17.8 Å². The van der Waals surface area contributed by atoms with Gasteiger partial charge in [-0.05, 0) is 18.9 Å². The number of thiazole rings is 1. The molecule has 0 radical (unpaired) electrons. The van der Waals surface area contributed by atoms with Crippen molar-refractivity contribution in [2.75, 3.05) is 48.5 Å². The van der Waals surface area contributed by atoms with Crippen LogP contribution in [0.3, 0.4) is 0 Å². The zero-order chi connectivity index (χ0) is 22.1. The lowest BCUT2D eigenvalue weighted by Crippen LogP contribution is -2.37. The van der Waals surface area contributed by atoms with Crippen LogP contribution in [0, 0.1) is 5.41 Å². The highest BCUT2D eigenvalue weighted by atomic mass is 32.1. The second-order valence-corrected chi connectivity index (χ2v) is 8.54. The summed E-state index contributed by atoms with van der Waals surface area (Å²) >= 11 is 1.41. The molecular weight excluding hydrogens is 430 g/mol. The lowest BCUT2D eigenvalue weighted by molar-refractivity contribution is 0.102. The summed E-state index contributed by atoms with van der Waals surface area (Å²) in [7, 11) is 1.77. The largest absolute Gasteiger partial charge is 0.378 e. The van der Waals surface area contributed by atoms with Crippen LogP contribution in [0.2, 0.25) is 0 Å².